The number of anilines is 1. The van der Waals surface area contributed by atoms with Gasteiger partial charge >= 0.3 is 5.97 Å². The smallest absolute Gasteiger partial charge is 0.306 e. The Morgan fingerprint density at radius 1 is 1.22 bits per heavy atom. The number of rotatable bonds is 6. The van der Waals surface area contributed by atoms with Crippen molar-refractivity contribution in [2.45, 2.75) is 39.0 Å². The largest absolute Gasteiger partial charge is 0.456 e. The van der Waals surface area contributed by atoms with Crippen molar-refractivity contribution < 1.29 is 14.3 Å². The second-order valence-electron chi connectivity index (χ2n) is 7.75. The molecule has 0 radical (unpaired) electrons. The van der Waals surface area contributed by atoms with Crippen LogP contribution >= 0.6 is 11.3 Å². The summed E-state index contributed by atoms with van der Waals surface area (Å²) in [7, 11) is 0. The Balaban J connectivity index is 1.23. The Kier molecular flexibility index (Phi) is 5.25. The summed E-state index contributed by atoms with van der Waals surface area (Å²) < 4.78 is 5.18. The zero-order valence-corrected chi connectivity index (χ0v) is 16.3. The van der Waals surface area contributed by atoms with E-state index in [2.05, 4.69) is 10.3 Å². The molecule has 2 fully saturated rings. The van der Waals surface area contributed by atoms with Crippen LogP contribution in [-0.4, -0.2) is 23.5 Å². The Morgan fingerprint density at radius 2 is 2.04 bits per heavy atom. The number of hydrogen-bond acceptors (Lipinski definition) is 5. The monoisotopic (exact) mass is 384 g/mol. The van der Waals surface area contributed by atoms with E-state index in [0.717, 1.165) is 23.6 Å². The molecule has 1 aromatic carbocycles. The lowest BCUT2D eigenvalue weighted by molar-refractivity contribution is -0.148. The summed E-state index contributed by atoms with van der Waals surface area (Å²) in [5, 5.41) is 5.13. The van der Waals surface area contributed by atoms with Gasteiger partial charge in [0.1, 0.15) is 0 Å². The summed E-state index contributed by atoms with van der Waals surface area (Å²) in [6.45, 7) is 1.79. The fourth-order valence-electron chi connectivity index (χ4n) is 4.39. The first-order valence-electron chi connectivity index (χ1n) is 9.55. The topological polar surface area (TPSA) is 68.3 Å². The molecule has 4 rings (SSSR count). The van der Waals surface area contributed by atoms with Gasteiger partial charge in [0, 0.05) is 17.4 Å². The van der Waals surface area contributed by atoms with E-state index in [9.17, 15) is 9.59 Å². The van der Waals surface area contributed by atoms with Gasteiger partial charge in [0.2, 0.25) is 0 Å². The van der Waals surface area contributed by atoms with Crippen molar-refractivity contribution in [3.05, 3.63) is 35.2 Å². The standard InChI is InChI=1S/C21H24N2O3S/c1-13-2-5-15(6-3-13)18-12-27-21(22-18)23-19(24)11-26-20(25)10-17-9-14-4-7-16(17)8-14/h2-3,5-6,12,14,16-17H,4,7-11H2,1H3,(H,22,23,24). The van der Waals surface area contributed by atoms with Crippen molar-refractivity contribution in [2.75, 3.05) is 11.9 Å². The first-order valence-corrected chi connectivity index (χ1v) is 10.4. The van der Waals surface area contributed by atoms with E-state index in [4.69, 9.17) is 4.74 Å². The van der Waals surface area contributed by atoms with Gasteiger partial charge in [0.05, 0.1) is 5.69 Å². The van der Waals surface area contributed by atoms with Crippen LogP contribution < -0.4 is 5.32 Å². The lowest BCUT2D eigenvalue weighted by Gasteiger charge is -2.20. The van der Waals surface area contributed by atoms with Crippen LogP contribution in [0.15, 0.2) is 29.6 Å². The van der Waals surface area contributed by atoms with E-state index in [-0.39, 0.29) is 18.5 Å². The van der Waals surface area contributed by atoms with E-state index in [1.54, 1.807) is 0 Å². The molecule has 5 nitrogen and oxygen atoms in total. The molecular weight excluding hydrogens is 360 g/mol. The van der Waals surface area contributed by atoms with Crippen molar-refractivity contribution in [3.63, 3.8) is 0 Å². The van der Waals surface area contributed by atoms with Gasteiger partial charge in [-0.1, -0.05) is 36.2 Å². The SMILES string of the molecule is Cc1ccc(-c2csc(NC(=O)COC(=O)CC3CC4CCC3C4)n2)cc1. The van der Waals surface area contributed by atoms with Gasteiger partial charge in [-0.3, -0.25) is 14.9 Å². The molecule has 0 spiro atoms. The fraction of sp³-hybridized carbons (Fsp3) is 0.476. The lowest BCUT2D eigenvalue weighted by atomic mass is 9.86. The molecule has 1 heterocycles. The fourth-order valence-corrected chi connectivity index (χ4v) is 5.12. The Labute approximate surface area is 163 Å². The maximum Gasteiger partial charge on any atom is 0.306 e. The average Bonchev–Trinajstić information content (AvgIpc) is 3.38. The number of fused-ring (bicyclic) bond motifs is 2. The molecule has 3 unspecified atom stereocenters. The van der Waals surface area contributed by atoms with Crippen molar-refractivity contribution >= 4 is 28.3 Å². The maximum absolute atomic E-state index is 12.1. The van der Waals surface area contributed by atoms with Crippen LogP contribution in [0, 0.1) is 24.7 Å². The second kappa shape index (κ2) is 7.80. The number of aryl methyl sites for hydroxylation is 1. The number of nitrogens with zero attached hydrogens (tertiary/aromatic N) is 1. The van der Waals surface area contributed by atoms with Crippen molar-refractivity contribution in [1.29, 1.82) is 0 Å². The molecule has 142 valence electrons. The number of ether oxygens (including phenoxy) is 1. The average molecular weight is 385 g/mol. The lowest BCUT2D eigenvalue weighted by Crippen LogP contribution is -2.23. The van der Waals surface area contributed by atoms with Gasteiger partial charge in [-0.05, 0) is 43.9 Å². The van der Waals surface area contributed by atoms with Crippen LogP contribution in [0.3, 0.4) is 0 Å². The van der Waals surface area contributed by atoms with E-state index < -0.39 is 0 Å². The number of carbonyl (C=O) groups is 2. The van der Waals surface area contributed by atoms with E-state index in [1.165, 1.54) is 36.2 Å². The number of esters is 1. The summed E-state index contributed by atoms with van der Waals surface area (Å²) in [4.78, 5) is 28.5. The number of nitrogens with one attached hydrogen (secondary N) is 1. The number of carbonyl (C=O) groups excluding carboxylic acids is 2. The molecular formula is C21H24N2O3S. The van der Waals surface area contributed by atoms with Gasteiger partial charge in [0.15, 0.2) is 11.7 Å². The summed E-state index contributed by atoms with van der Waals surface area (Å²) in [5.74, 6) is 1.34. The highest BCUT2D eigenvalue weighted by atomic mass is 32.1. The summed E-state index contributed by atoms with van der Waals surface area (Å²) in [6, 6.07) is 8.08. The van der Waals surface area contributed by atoms with Crippen molar-refractivity contribution in [2.24, 2.45) is 17.8 Å². The Morgan fingerprint density at radius 3 is 2.74 bits per heavy atom. The highest BCUT2D eigenvalue weighted by Gasteiger charge is 2.40. The molecule has 2 aromatic rings. The van der Waals surface area contributed by atoms with Gasteiger partial charge in [-0.15, -0.1) is 11.3 Å². The maximum atomic E-state index is 12.1. The highest BCUT2D eigenvalue weighted by Crippen LogP contribution is 2.49. The third-order valence-corrected chi connectivity index (χ3v) is 6.53. The number of benzene rings is 1. The molecule has 27 heavy (non-hydrogen) atoms. The van der Waals surface area contributed by atoms with Gasteiger partial charge < -0.3 is 4.74 Å². The van der Waals surface area contributed by atoms with E-state index in [1.807, 2.05) is 36.6 Å². The third-order valence-electron chi connectivity index (χ3n) is 5.78. The number of amides is 1. The van der Waals surface area contributed by atoms with Crippen LogP contribution in [0.5, 0.6) is 0 Å². The molecule has 1 amide bonds. The quantitative estimate of drug-likeness (QED) is 0.748. The zero-order chi connectivity index (χ0) is 18.8. The molecule has 2 bridgehead atoms. The van der Waals surface area contributed by atoms with E-state index >= 15 is 0 Å². The summed E-state index contributed by atoms with van der Waals surface area (Å²) in [6.07, 6.45) is 5.43. The minimum absolute atomic E-state index is 0.251. The van der Waals surface area contributed by atoms with Crippen molar-refractivity contribution in [3.8, 4) is 11.3 Å². The highest BCUT2D eigenvalue weighted by molar-refractivity contribution is 7.14. The Bertz CT molecular complexity index is 830. The van der Waals surface area contributed by atoms with Crippen LogP contribution in [0.4, 0.5) is 5.13 Å². The second-order valence-corrected chi connectivity index (χ2v) is 8.61. The zero-order valence-electron chi connectivity index (χ0n) is 15.4. The molecule has 1 N–H and O–H groups in total. The molecule has 2 aliphatic carbocycles. The van der Waals surface area contributed by atoms with Crippen molar-refractivity contribution in [1.82, 2.24) is 4.98 Å². The summed E-state index contributed by atoms with van der Waals surface area (Å²) in [5.41, 5.74) is 3.02. The number of hydrogen-bond donors (Lipinski definition) is 1. The first kappa shape index (κ1) is 18.2. The first-order chi connectivity index (χ1) is 13.1. The Hall–Kier alpha value is -2.21. The molecule has 2 saturated carbocycles. The molecule has 6 heteroatoms. The minimum Gasteiger partial charge on any atom is -0.456 e. The predicted octanol–water partition coefficient (Wildman–Crippen LogP) is 4.43. The van der Waals surface area contributed by atoms with Crippen LogP contribution in [0.1, 0.15) is 37.7 Å². The van der Waals surface area contributed by atoms with Crippen LogP contribution in [-0.2, 0) is 14.3 Å². The van der Waals surface area contributed by atoms with Crippen LogP contribution in [0.2, 0.25) is 0 Å². The van der Waals surface area contributed by atoms with Gasteiger partial charge in [0.25, 0.3) is 5.91 Å². The summed E-state index contributed by atoms with van der Waals surface area (Å²) >= 11 is 1.36. The molecule has 0 saturated heterocycles. The molecule has 3 atom stereocenters. The van der Waals surface area contributed by atoms with Crippen LogP contribution in [0.25, 0.3) is 11.3 Å². The van der Waals surface area contributed by atoms with E-state index in [0.29, 0.717) is 23.4 Å². The molecule has 1 aromatic heterocycles. The van der Waals surface area contributed by atoms with Gasteiger partial charge in [-0.25, -0.2) is 4.98 Å². The molecule has 0 aliphatic heterocycles. The minimum atomic E-state index is -0.346. The number of aromatic nitrogens is 1. The predicted molar refractivity (Wildman–Crippen MR) is 105 cm³/mol. The number of thiazole rings is 1. The van der Waals surface area contributed by atoms with Gasteiger partial charge in [-0.2, -0.15) is 0 Å². The normalized spacial score (nSPS) is 23.4. The third kappa shape index (κ3) is 4.38. The molecule has 2 aliphatic rings.